The fourth-order valence-electron chi connectivity index (χ4n) is 1.16. The van der Waals surface area contributed by atoms with Gasteiger partial charge in [0.2, 0.25) is 0 Å². The summed E-state index contributed by atoms with van der Waals surface area (Å²) in [5.41, 5.74) is 0. The fourth-order valence-corrected chi connectivity index (χ4v) is 3.26. The Bertz CT molecular complexity index is 602. The van der Waals surface area contributed by atoms with Crippen molar-refractivity contribution in [3.63, 3.8) is 0 Å². The highest BCUT2D eigenvalue weighted by Gasteiger charge is 2.49. The summed E-state index contributed by atoms with van der Waals surface area (Å²) in [4.78, 5) is 11.2. The zero-order valence-electron chi connectivity index (χ0n) is 9.74. The van der Waals surface area contributed by atoms with E-state index in [1.165, 1.54) is 13.0 Å². The second-order valence-electron chi connectivity index (χ2n) is 3.71. The third kappa shape index (κ3) is 3.83. The van der Waals surface area contributed by atoms with Crippen LogP contribution in [0, 0.1) is 0 Å². The lowest BCUT2D eigenvalue weighted by Crippen LogP contribution is -2.45. The molecule has 1 rings (SSSR count). The molecule has 11 heteroatoms. The molecule has 4 nitrogen and oxygen atoms in total. The van der Waals surface area contributed by atoms with Crippen LogP contribution in [0.5, 0.6) is 0 Å². The fraction of sp³-hybridized carbons (Fsp3) is 0.444. The summed E-state index contributed by atoms with van der Waals surface area (Å²) in [6, 6.07) is 1.30. The summed E-state index contributed by atoms with van der Waals surface area (Å²) < 4.78 is 71.2. The predicted molar refractivity (Wildman–Crippen MR) is 64.9 cm³/mol. The van der Waals surface area contributed by atoms with Crippen molar-refractivity contribution in [3.05, 3.63) is 17.0 Å². The molecule has 0 aliphatic heterocycles. The van der Waals surface area contributed by atoms with Crippen molar-refractivity contribution in [2.75, 3.05) is 0 Å². The monoisotopic (exact) mass is 353 g/mol. The molecular weight excluding hydrogens is 346 g/mol. The van der Waals surface area contributed by atoms with Gasteiger partial charge in [0.05, 0.1) is 6.04 Å². The van der Waals surface area contributed by atoms with Gasteiger partial charge in [0.25, 0.3) is 15.0 Å². The largest absolute Gasteiger partial charge is 0.383 e. The Balaban J connectivity index is 2.85. The summed E-state index contributed by atoms with van der Waals surface area (Å²) in [5, 5.41) is 1.69. The third-order valence-corrected chi connectivity index (χ3v) is 5.55. The van der Waals surface area contributed by atoms with Crippen molar-refractivity contribution in [1.29, 1.82) is 0 Å². The average Bonchev–Trinajstić information content (AvgIpc) is 2.77. The Morgan fingerprint density at radius 3 is 2.35 bits per heavy atom. The maximum Gasteiger partial charge on any atom is 0.383 e. The standard InChI is InChI=1S/C9H8ClF4NO3S2/c1-4(15-8(16)9(13,14)7(11)12)5-2-3-6(19-5)20(10,17)18/h2-4,7H,1H3,(H,15,16). The first-order chi connectivity index (χ1) is 8.96. The molecule has 0 fully saturated rings. The second kappa shape index (κ2) is 5.86. The lowest BCUT2D eigenvalue weighted by Gasteiger charge is -2.18. The summed E-state index contributed by atoms with van der Waals surface area (Å²) in [5.74, 6) is -6.95. The number of carbonyl (C=O) groups is 1. The van der Waals surface area contributed by atoms with E-state index < -0.39 is 33.3 Å². The second-order valence-corrected chi connectivity index (χ2v) is 7.62. The molecule has 0 spiro atoms. The van der Waals surface area contributed by atoms with Gasteiger partial charge in [-0.1, -0.05) is 0 Å². The van der Waals surface area contributed by atoms with Gasteiger partial charge in [-0.3, -0.25) is 4.79 Å². The van der Waals surface area contributed by atoms with E-state index in [0.29, 0.717) is 11.3 Å². The zero-order valence-corrected chi connectivity index (χ0v) is 12.1. The van der Waals surface area contributed by atoms with Crippen LogP contribution in [-0.2, 0) is 13.8 Å². The van der Waals surface area contributed by atoms with E-state index in [1.54, 1.807) is 5.32 Å². The maximum atomic E-state index is 12.7. The highest BCUT2D eigenvalue weighted by molar-refractivity contribution is 8.15. The predicted octanol–water partition coefficient (Wildman–Crippen LogP) is 2.75. The van der Waals surface area contributed by atoms with Gasteiger partial charge in [-0.05, 0) is 19.1 Å². The number of alkyl halides is 4. The number of nitrogens with one attached hydrogen (secondary N) is 1. The van der Waals surface area contributed by atoms with Crippen molar-refractivity contribution in [2.45, 2.75) is 29.5 Å². The normalized spacial score (nSPS) is 14.3. The molecule has 1 aromatic rings. The molecule has 0 saturated carbocycles. The Morgan fingerprint density at radius 2 is 1.95 bits per heavy atom. The van der Waals surface area contributed by atoms with Crippen molar-refractivity contribution >= 4 is 37.0 Å². The van der Waals surface area contributed by atoms with Gasteiger partial charge in [0, 0.05) is 15.6 Å². The number of rotatable bonds is 5. The first kappa shape index (κ1) is 17.2. The van der Waals surface area contributed by atoms with E-state index in [-0.39, 0.29) is 9.09 Å². The van der Waals surface area contributed by atoms with Crippen LogP contribution in [0.25, 0.3) is 0 Å². The van der Waals surface area contributed by atoms with Crippen LogP contribution in [0.2, 0.25) is 0 Å². The zero-order chi connectivity index (χ0) is 15.7. The lowest BCUT2D eigenvalue weighted by molar-refractivity contribution is -0.170. The van der Waals surface area contributed by atoms with E-state index in [4.69, 9.17) is 10.7 Å². The van der Waals surface area contributed by atoms with Crippen molar-refractivity contribution in [1.82, 2.24) is 5.32 Å². The molecule has 1 amide bonds. The number of hydrogen-bond donors (Lipinski definition) is 1. The van der Waals surface area contributed by atoms with Crippen LogP contribution in [0.4, 0.5) is 17.6 Å². The molecule has 1 N–H and O–H groups in total. The average molecular weight is 354 g/mol. The third-order valence-electron chi connectivity index (χ3n) is 2.19. The van der Waals surface area contributed by atoms with E-state index >= 15 is 0 Å². The SMILES string of the molecule is CC(NC(=O)C(F)(F)C(F)F)c1ccc(S(=O)(=O)Cl)s1. The molecule has 1 heterocycles. The molecule has 0 aliphatic rings. The highest BCUT2D eigenvalue weighted by atomic mass is 35.7. The molecular formula is C9H8ClF4NO3S2. The summed E-state index contributed by atoms with van der Waals surface area (Å²) in [6.07, 6.45) is -4.13. The quantitative estimate of drug-likeness (QED) is 0.654. The van der Waals surface area contributed by atoms with Crippen LogP contribution in [0.3, 0.4) is 0 Å². The van der Waals surface area contributed by atoms with Gasteiger partial charge in [0.15, 0.2) is 0 Å². The Kier molecular flexibility index (Phi) is 5.03. The summed E-state index contributed by atoms with van der Waals surface area (Å²) >= 11 is 0.642. The van der Waals surface area contributed by atoms with Crippen LogP contribution in [0.1, 0.15) is 17.8 Å². The van der Waals surface area contributed by atoms with Crippen molar-refractivity contribution in [3.8, 4) is 0 Å². The van der Waals surface area contributed by atoms with E-state index in [9.17, 15) is 30.8 Å². The Labute approximate surface area is 120 Å². The number of thiophene rings is 1. The number of carbonyl (C=O) groups excluding carboxylic acids is 1. The summed E-state index contributed by atoms with van der Waals surface area (Å²) in [6.45, 7) is 1.25. The molecule has 0 aromatic carbocycles. The van der Waals surface area contributed by atoms with E-state index in [0.717, 1.165) is 6.07 Å². The van der Waals surface area contributed by atoms with Crippen LogP contribution in [-0.4, -0.2) is 26.7 Å². The molecule has 0 radical (unpaired) electrons. The van der Waals surface area contributed by atoms with E-state index in [1.807, 2.05) is 0 Å². The van der Waals surface area contributed by atoms with Crippen LogP contribution in [0.15, 0.2) is 16.3 Å². The number of hydrogen-bond acceptors (Lipinski definition) is 4. The minimum absolute atomic E-state index is 0.183. The number of amides is 1. The van der Waals surface area contributed by atoms with E-state index in [2.05, 4.69) is 0 Å². The lowest BCUT2D eigenvalue weighted by atomic mass is 10.2. The molecule has 0 aliphatic carbocycles. The molecule has 1 aromatic heterocycles. The molecule has 1 atom stereocenters. The summed E-state index contributed by atoms with van der Waals surface area (Å²) in [7, 11) is 1.10. The van der Waals surface area contributed by atoms with Crippen LogP contribution >= 0.6 is 22.0 Å². The van der Waals surface area contributed by atoms with Gasteiger partial charge in [-0.2, -0.15) is 8.78 Å². The van der Waals surface area contributed by atoms with Crippen molar-refractivity contribution < 1.29 is 30.8 Å². The highest BCUT2D eigenvalue weighted by Crippen LogP contribution is 2.30. The van der Waals surface area contributed by atoms with Gasteiger partial charge in [0.1, 0.15) is 4.21 Å². The molecule has 1 unspecified atom stereocenters. The molecule has 20 heavy (non-hydrogen) atoms. The smallest absolute Gasteiger partial charge is 0.343 e. The minimum Gasteiger partial charge on any atom is -0.343 e. The van der Waals surface area contributed by atoms with Crippen LogP contribution < -0.4 is 5.32 Å². The van der Waals surface area contributed by atoms with Gasteiger partial charge in [-0.25, -0.2) is 17.2 Å². The first-order valence-electron chi connectivity index (χ1n) is 4.97. The molecule has 114 valence electrons. The number of halogens is 5. The molecule has 0 saturated heterocycles. The minimum atomic E-state index is -4.81. The van der Waals surface area contributed by atoms with Gasteiger partial charge < -0.3 is 5.32 Å². The Morgan fingerprint density at radius 1 is 1.40 bits per heavy atom. The topological polar surface area (TPSA) is 63.2 Å². The Hall–Kier alpha value is -0.870. The van der Waals surface area contributed by atoms with Gasteiger partial charge in [-0.15, -0.1) is 11.3 Å². The maximum absolute atomic E-state index is 12.7. The van der Waals surface area contributed by atoms with Gasteiger partial charge >= 0.3 is 12.3 Å². The molecule has 0 bridgehead atoms. The first-order valence-corrected chi connectivity index (χ1v) is 8.10. The van der Waals surface area contributed by atoms with Crippen molar-refractivity contribution in [2.24, 2.45) is 0 Å².